The standard InChI is InChI=1S/C22H25F3N4O2/c1-15(16-7-5-8-17(13-16)22(23,24)25)28-21(26-2)27-11-6-12-29-18-9-3-4-10-19(18)31-14-20(29)30/h3-5,7-10,13,15H,6,11-12,14H2,1-2H3,(H2,26,27,28). The van der Waals surface area contributed by atoms with Crippen LogP contribution in [0.5, 0.6) is 5.75 Å². The van der Waals surface area contributed by atoms with Gasteiger partial charge in [-0.05, 0) is 43.2 Å². The van der Waals surface area contributed by atoms with Gasteiger partial charge in [-0.1, -0.05) is 24.3 Å². The summed E-state index contributed by atoms with van der Waals surface area (Å²) in [6.07, 6.45) is -3.73. The van der Waals surface area contributed by atoms with E-state index in [2.05, 4.69) is 15.6 Å². The van der Waals surface area contributed by atoms with E-state index in [9.17, 15) is 18.0 Å². The van der Waals surface area contributed by atoms with E-state index in [1.807, 2.05) is 24.3 Å². The number of aliphatic imine (C=N–C) groups is 1. The molecule has 1 aliphatic heterocycles. The molecule has 1 atom stereocenters. The van der Waals surface area contributed by atoms with Gasteiger partial charge < -0.3 is 20.3 Å². The number of fused-ring (bicyclic) bond motifs is 1. The Kier molecular flexibility index (Phi) is 7.04. The van der Waals surface area contributed by atoms with Gasteiger partial charge in [-0.25, -0.2) is 0 Å². The number of guanidine groups is 1. The van der Waals surface area contributed by atoms with Crippen LogP contribution in [0.2, 0.25) is 0 Å². The van der Waals surface area contributed by atoms with Crippen LogP contribution in [0.1, 0.15) is 30.5 Å². The zero-order chi connectivity index (χ0) is 22.4. The summed E-state index contributed by atoms with van der Waals surface area (Å²) in [4.78, 5) is 18.0. The molecular formula is C22H25F3N4O2. The molecule has 0 aliphatic carbocycles. The van der Waals surface area contributed by atoms with E-state index in [1.54, 1.807) is 24.9 Å². The number of halogens is 3. The number of para-hydroxylation sites is 2. The second-order valence-corrected chi connectivity index (χ2v) is 7.14. The SMILES string of the molecule is CN=C(NCCCN1C(=O)COc2ccccc21)NC(C)c1cccc(C(F)(F)F)c1. The molecule has 9 heteroatoms. The highest BCUT2D eigenvalue weighted by molar-refractivity contribution is 5.97. The molecule has 1 heterocycles. The monoisotopic (exact) mass is 434 g/mol. The Morgan fingerprint density at radius 3 is 2.74 bits per heavy atom. The summed E-state index contributed by atoms with van der Waals surface area (Å²) in [5, 5.41) is 6.24. The quantitative estimate of drug-likeness (QED) is 0.413. The van der Waals surface area contributed by atoms with Crippen molar-refractivity contribution in [2.45, 2.75) is 25.6 Å². The van der Waals surface area contributed by atoms with Crippen LogP contribution in [0.25, 0.3) is 0 Å². The van der Waals surface area contributed by atoms with Crippen molar-refractivity contribution in [2.75, 3.05) is 31.6 Å². The molecule has 0 aromatic heterocycles. The van der Waals surface area contributed by atoms with Crippen molar-refractivity contribution in [3.05, 3.63) is 59.7 Å². The number of carbonyl (C=O) groups excluding carboxylic acids is 1. The van der Waals surface area contributed by atoms with E-state index in [1.165, 1.54) is 6.07 Å². The van der Waals surface area contributed by atoms with Crippen LogP contribution >= 0.6 is 0 Å². The highest BCUT2D eigenvalue weighted by atomic mass is 19.4. The van der Waals surface area contributed by atoms with Gasteiger partial charge in [0.25, 0.3) is 5.91 Å². The maximum Gasteiger partial charge on any atom is 0.416 e. The van der Waals surface area contributed by atoms with Crippen LogP contribution in [0.4, 0.5) is 18.9 Å². The summed E-state index contributed by atoms with van der Waals surface area (Å²) in [6.45, 7) is 2.82. The van der Waals surface area contributed by atoms with Crippen molar-refractivity contribution in [3.8, 4) is 5.75 Å². The Balaban J connectivity index is 1.52. The van der Waals surface area contributed by atoms with E-state index in [4.69, 9.17) is 4.74 Å². The summed E-state index contributed by atoms with van der Waals surface area (Å²) in [5.74, 6) is 1.06. The molecule has 1 unspecified atom stereocenters. The molecule has 1 amide bonds. The van der Waals surface area contributed by atoms with Gasteiger partial charge >= 0.3 is 6.18 Å². The molecule has 0 fully saturated rings. The molecule has 2 N–H and O–H groups in total. The molecule has 2 aromatic carbocycles. The number of rotatable bonds is 6. The van der Waals surface area contributed by atoms with Gasteiger partial charge in [0.15, 0.2) is 12.6 Å². The third kappa shape index (κ3) is 5.68. The highest BCUT2D eigenvalue weighted by Crippen LogP contribution is 2.32. The van der Waals surface area contributed by atoms with Gasteiger partial charge in [0, 0.05) is 20.1 Å². The third-order valence-electron chi connectivity index (χ3n) is 4.95. The average Bonchev–Trinajstić information content (AvgIpc) is 2.76. The van der Waals surface area contributed by atoms with Crippen molar-refractivity contribution < 1.29 is 22.7 Å². The number of amides is 1. The first kappa shape index (κ1) is 22.5. The predicted octanol–water partition coefficient (Wildman–Crippen LogP) is 3.75. The lowest BCUT2D eigenvalue weighted by Gasteiger charge is -2.29. The summed E-state index contributed by atoms with van der Waals surface area (Å²) in [6, 6.07) is 12.2. The Morgan fingerprint density at radius 1 is 1.23 bits per heavy atom. The second-order valence-electron chi connectivity index (χ2n) is 7.14. The first-order valence-electron chi connectivity index (χ1n) is 9.96. The van der Waals surface area contributed by atoms with Crippen LogP contribution in [0.15, 0.2) is 53.5 Å². The maximum atomic E-state index is 12.9. The van der Waals surface area contributed by atoms with Gasteiger partial charge in [0.05, 0.1) is 17.3 Å². The van der Waals surface area contributed by atoms with Crippen LogP contribution in [-0.4, -0.2) is 38.6 Å². The maximum absolute atomic E-state index is 12.9. The minimum atomic E-state index is -4.38. The number of hydrogen-bond acceptors (Lipinski definition) is 3. The first-order chi connectivity index (χ1) is 14.8. The normalized spacial score (nSPS) is 15.2. The lowest BCUT2D eigenvalue weighted by molar-refractivity contribution is -0.137. The van der Waals surface area contributed by atoms with Gasteiger partial charge in [0.1, 0.15) is 5.75 Å². The molecule has 31 heavy (non-hydrogen) atoms. The van der Waals surface area contributed by atoms with Gasteiger partial charge in [-0.15, -0.1) is 0 Å². The molecule has 0 spiro atoms. The van der Waals surface area contributed by atoms with Crippen LogP contribution in [0, 0.1) is 0 Å². The van der Waals surface area contributed by atoms with Crippen molar-refractivity contribution in [1.29, 1.82) is 0 Å². The van der Waals surface area contributed by atoms with Crippen molar-refractivity contribution in [1.82, 2.24) is 10.6 Å². The molecule has 0 bridgehead atoms. The minimum absolute atomic E-state index is 0.0160. The largest absolute Gasteiger partial charge is 0.482 e. The highest BCUT2D eigenvalue weighted by Gasteiger charge is 2.30. The van der Waals surface area contributed by atoms with E-state index in [0.29, 0.717) is 36.8 Å². The van der Waals surface area contributed by atoms with E-state index >= 15 is 0 Å². The van der Waals surface area contributed by atoms with Crippen LogP contribution < -0.4 is 20.3 Å². The lowest BCUT2D eigenvalue weighted by Crippen LogP contribution is -2.42. The van der Waals surface area contributed by atoms with Gasteiger partial charge in [-0.2, -0.15) is 13.2 Å². The van der Waals surface area contributed by atoms with E-state index < -0.39 is 11.7 Å². The summed E-state index contributed by atoms with van der Waals surface area (Å²) in [7, 11) is 1.59. The number of nitrogens with zero attached hydrogens (tertiary/aromatic N) is 2. The Labute approximate surface area is 179 Å². The minimum Gasteiger partial charge on any atom is -0.482 e. The fraction of sp³-hybridized carbons (Fsp3) is 0.364. The molecule has 0 saturated heterocycles. The summed E-state index contributed by atoms with van der Waals surface area (Å²) in [5.41, 5.74) is 0.574. The van der Waals surface area contributed by atoms with Crippen LogP contribution in [-0.2, 0) is 11.0 Å². The number of ether oxygens (including phenoxy) is 1. The molecule has 166 valence electrons. The second kappa shape index (κ2) is 9.72. The van der Waals surface area contributed by atoms with Crippen molar-refractivity contribution >= 4 is 17.6 Å². The lowest BCUT2D eigenvalue weighted by atomic mass is 10.1. The van der Waals surface area contributed by atoms with Gasteiger partial charge in [0.2, 0.25) is 0 Å². The number of carbonyl (C=O) groups is 1. The smallest absolute Gasteiger partial charge is 0.416 e. The Bertz CT molecular complexity index is 946. The molecular weight excluding hydrogens is 409 g/mol. The number of hydrogen-bond donors (Lipinski definition) is 2. The fourth-order valence-corrected chi connectivity index (χ4v) is 3.31. The van der Waals surface area contributed by atoms with E-state index in [0.717, 1.165) is 17.8 Å². The number of nitrogens with one attached hydrogen (secondary N) is 2. The zero-order valence-electron chi connectivity index (χ0n) is 17.4. The molecule has 0 saturated carbocycles. The Hall–Kier alpha value is -3.23. The molecule has 2 aromatic rings. The summed E-state index contributed by atoms with van der Waals surface area (Å²) >= 11 is 0. The fourth-order valence-electron chi connectivity index (χ4n) is 3.31. The van der Waals surface area contributed by atoms with Gasteiger partial charge in [-0.3, -0.25) is 9.79 Å². The van der Waals surface area contributed by atoms with Crippen molar-refractivity contribution in [3.63, 3.8) is 0 Å². The average molecular weight is 434 g/mol. The Morgan fingerprint density at radius 2 is 2.00 bits per heavy atom. The predicted molar refractivity (Wildman–Crippen MR) is 113 cm³/mol. The molecule has 0 radical (unpaired) electrons. The van der Waals surface area contributed by atoms with E-state index in [-0.39, 0.29) is 18.6 Å². The van der Waals surface area contributed by atoms with Crippen LogP contribution in [0.3, 0.4) is 0 Å². The number of anilines is 1. The zero-order valence-corrected chi connectivity index (χ0v) is 17.4. The van der Waals surface area contributed by atoms with Crippen molar-refractivity contribution in [2.24, 2.45) is 4.99 Å². The summed E-state index contributed by atoms with van der Waals surface area (Å²) < 4.78 is 44.3. The number of alkyl halides is 3. The topological polar surface area (TPSA) is 66.0 Å². The molecule has 3 rings (SSSR count). The third-order valence-corrected chi connectivity index (χ3v) is 4.95. The number of benzene rings is 2. The molecule has 1 aliphatic rings. The molecule has 6 nitrogen and oxygen atoms in total. The first-order valence-corrected chi connectivity index (χ1v) is 9.96.